The number of para-hydroxylation sites is 3. The molecule has 0 N–H and O–H groups in total. The van der Waals surface area contributed by atoms with Gasteiger partial charge in [-0.15, -0.1) is 24.0 Å². The average molecular weight is 453 g/mol. The molecule has 0 heterocycles. The molecule has 0 unspecified atom stereocenters. The molecule has 0 aliphatic heterocycles. The van der Waals surface area contributed by atoms with Gasteiger partial charge in [0.2, 0.25) is 0 Å². The van der Waals surface area contributed by atoms with E-state index in [0.29, 0.717) is 0 Å². The molecule has 0 aliphatic rings. The minimum absolute atomic E-state index is 0. The molecule has 124 valence electrons. The fourth-order valence-corrected chi connectivity index (χ4v) is 3.70. The van der Waals surface area contributed by atoms with Gasteiger partial charge in [-0.3, -0.25) is 13.6 Å². The topological polar surface area (TPSA) is 27.7 Å². The Bertz CT molecular complexity index is 622. The molecule has 5 heteroatoms. The second kappa shape index (κ2) is 8.90. The van der Waals surface area contributed by atoms with Gasteiger partial charge >= 0.3 is 7.94 Å². The van der Waals surface area contributed by atoms with Gasteiger partial charge < -0.3 is 0 Å². The van der Waals surface area contributed by atoms with Crippen molar-refractivity contribution in [2.24, 2.45) is 0 Å². The summed E-state index contributed by atoms with van der Waals surface area (Å²) >= 11 is 0. The Morgan fingerprint density at radius 3 is 1.00 bits per heavy atom. The fourth-order valence-electron chi connectivity index (χ4n) is 2.07. The SMILES string of the molecule is C[P+](Oc1ccccc1)(Oc1ccccc1)Oc1ccccc1.I. The van der Waals surface area contributed by atoms with Crippen molar-refractivity contribution < 1.29 is 13.6 Å². The van der Waals surface area contributed by atoms with Gasteiger partial charge in [-0.1, -0.05) is 54.6 Å². The molecule has 3 aromatic carbocycles. The van der Waals surface area contributed by atoms with Crippen LogP contribution < -0.4 is 13.6 Å². The lowest BCUT2D eigenvalue weighted by molar-refractivity contribution is 0.362. The van der Waals surface area contributed by atoms with Crippen molar-refractivity contribution in [1.29, 1.82) is 0 Å². The Kier molecular flexibility index (Phi) is 6.88. The third kappa shape index (κ3) is 5.39. The highest BCUT2D eigenvalue weighted by molar-refractivity contribution is 14.0. The van der Waals surface area contributed by atoms with Gasteiger partial charge in [-0.05, 0) is 36.4 Å². The van der Waals surface area contributed by atoms with Gasteiger partial charge in [0, 0.05) is 0 Å². The molecular formula is C19H19IO3P+. The molecule has 3 aromatic rings. The summed E-state index contributed by atoms with van der Waals surface area (Å²) in [6.07, 6.45) is 0. The summed E-state index contributed by atoms with van der Waals surface area (Å²) in [6.45, 7) is 1.86. The number of halogens is 1. The molecule has 0 aromatic heterocycles. The summed E-state index contributed by atoms with van der Waals surface area (Å²) in [6, 6.07) is 28.7. The molecule has 0 saturated carbocycles. The molecule has 24 heavy (non-hydrogen) atoms. The maximum Gasteiger partial charge on any atom is 0.538 e. The third-order valence-corrected chi connectivity index (χ3v) is 4.67. The Balaban J connectivity index is 0.00000208. The molecule has 3 rings (SSSR count). The second-order valence-electron chi connectivity index (χ2n) is 4.98. The highest BCUT2D eigenvalue weighted by Gasteiger charge is 2.43. The molecule has 0 amide bonds. The van der Waals surface area contributed by atoms with E-state index in [1.807, 2.05) is 97.7 Å². The third-order valence-electron chi connectivity index (χ3n) is 3.04. The standard InChI is InChI=1S/C19H18O3P.HI/c1-23(20-17-11-5-2-6-12-17,21-18-13-7-3-8-14-18)22-19-15-9-4-10-16-19;/h2-16H,1H3;1H/q+1;. The summed E-state index contributed by atoms with van der Waals surface area (Å²) in [7, 11) is -2.64. The summed E-state index contributed by atoms with van der Waals surface area (Å²) < 4.78 is 18.2. The maximum absolute atomic E-state index is 6.08. The van der Waals surface area contributed by atoms with Crippen LogP contribution in [0, 0.1) is 0 Å². The van der Waals surface area contributed by atoms with Crippen LogP contribution in [-0.2, 0) is 0 Å². The first-order valence-electron chi connectivity index (χ1n) is 7.34. The molecule has 3 nitrogen and oxygen atoms in total. The first-order valence-corrected chi connectivity index (χ1v) is 9.33. The second-order valence-corrected chi connectivity index (χ2v) is 7.07. The van der Waals surface area contributed by atoms with Crippen LogP contribution in [0.1, 0.15) is 0 Å². The average Bonchev–Trinajstić information content (AvgIpc) is 2.57. The van der Waals surface area contributed by atoms with Crippen LogP contribution in [0.25, 0.3) is 0 Å². The number of hydrogen-bond acceptors (Lipinski definition) is 3. The molecule has 0 atom stereocenters. The largest absolute Gasteiger partial charge is 0.538 e. The van der Waals surface area contributed by atoms with Gasteiger partial charge in [-0.2, -0.15) is 0 Å². The summed E-state index contributed by atoms with van der Waals surface area (Å²) in [5.41, 5.74) is 0. The molecular weight excluding hydrogens is 434 g/mol. The molecule has 0 spiro atoms. The first-order chi connectivity index (χ1) is 11.2. The highest BCUT2D eigenvalue weighted by Crippen LogP contribution is 2.57. The van der Waals surface area contributed by atoms with Crippen LogP contribution >= 0.6 is 31.9 Å². The molecule has 0 bridgehead atoms. The van der Waals surface area contributed by atoms with Crippen molar-refractivity contribution in [3.63, 3.8) is 0 Å². The maximum atomic E-state index is 6.08. The van der Waals surface area contributed by atoms with E-state index in [1.54, 1.807) is 0 Å². The van der Waals surface area contributed by atoms with E-state index in [9.17, 15) is 0 Å². The lowest BCUT2D eigenvalue weighted by Gasteiger charge is -2.19. The molecule has 0 radical (unpaired) electrons. The van der Waals surface area contributed by atoms with E-state index in [-0.39, 0.29) is 24.0 Å². The number of rotatable bonds is 6. The van der Waals surface area contributed by atoms with Gasteiger partial charge in [0.25, 0.3) is 0 Å². The summed E-state index contributed by atoms with van der Waals surface area (Å²) in [5.74, 6) is 2.15. The van der Waals surface area contributed by atoms with Crippen molar-refractivity contribution in [1.82, 2.24) is 0 Å². The Morgan fingerprint density at radius 2 is 0.750 bits per heavy atom. The Morgan fingerprint density at radius 1 is 0.500 bits per heavy atom. The minimum Gasteiger partial charge on any atom is -0.272 e. The van der Waals surface area contributed by atoms with Crippen molar-refractivity contribution >= 4 is 31.9 Å². The van der Waals surface area contributed by atoms with Crippen molar-refractivity contribution in [3.05, 3.63) is 91.0 Å². The monoisotopic (exact) mass is 453 g/mol. The smallest absolute Gasteiger partial charge is 0.272 e. The van der Waals surface area contributed by atoms with Crippen molar-refractivity contribution in [2.75, 3.05) is 6.66 Å². The Labute approximate surface area is 160 Å². The van der Waals surface area contributed by atoms with Gasteiger partial charge in [0.05, 0.1) is 0 Å². The van der Waals surface area contributed by atoms with Crippen LogP contribution in [0.4, 0.5) is 0 Å². The van der Waals surface area contributed by atoms with Crippen molar-refractivity contribution in [3.8, 4) is 17.2 Å². The zero-order valence-corrected chi connectivity index (χ0v) is 16.5. The zero-order valence-electron chi connectivity index (χ0n) is 13.2. The predicted octanol–water partition coefficient (Wildman–Crippen LogP) is 6.23. The van der Waals surface area contributed by atoms with Gasteiger partial charge in [0.15, 0.2) is 23.9 Å². The van der Waals surface area contributed by atoms with Crippen LogP contribution in [0.15, 0.2) is 91.0 Å². The summed E-state index contributed by atoms with van der Waals surface area (Å²) in [5, 5.41) is 0. The zero-order chi connectivity index (χ0) is 16.0. The summed E-state index contributed by atoms with van der Waals surface area (Å²) in [4.78, 5) is 0. The van der Waals surface area contributed by atoms with Crippen LogP contribution in [-0.4, -0.2) is 6.66 Å². The molecule has 0 saturated heterocycles. The van der Waals surface area contributed by atoms with Crippen LogP contribution in [0.3, 0.4) is 0 Å². The van der Waals surface area contributed by atoms with E-state index in [2.05, 4.69) is 0 Å². The normalized spacial score (nSPS) is 10.4. The van der Waals surface area contributed by atoms with Gasteiger partial charge in [0.1, 0.15) is 0 Å². The van der Waals surface area contributed by atoms with E-state index in [4.69, 9.17) is 13.6 Å². The minimum atomic E-state index is -2.64. The highest BCUT2D eigenvalue weighted by atomic mass is 127. The van der Waals surface area contributed by atoms with E-state index >= 15 is 0 Å². The van der Waals surface area contributed by atoms with Crippen molar-refractivity contribution in [2.45, 2.75) is 0 Å². The first kappa shape index (κ1) is 18.6. The van der Waals surface area contributed by atoms with Gasteiger partial charge in [-0.25, -0.2) is 0 Å². The number of hydrogen-bond donors (Lipinski definition) is 0. The Hall–Kier alpha value is -1.78. The lowest BCUT2D eigenvalue weighted by atomic mass is 10.3. The van der Waals surface area contributed by atoms with E-state index in [0.717, 1.165) is 17.2 Å². The fraction of sp³-hybridized carbons (Fsp3) is 0.0526. The lowest BCUT2D eigenvalue weighted by Crippen LogP contribution is -2.13. The molecule has 0 aliphatic carbocycles. The van der Waals surface area contributed by atoms with Crippen LogP contribution in [0.5, 0.6) is 17.2 Å². The van der Waals surface area contributed by atoms with E-state index < -0.39 is 7.94 Å². The number of benzene rings is 3. The van der Waals surface area contributed by atoms with Crippen LogP contribution in [0.2, 0.25) is 0 Å². The quantitative estimate of drug-likeness (QED) is 0.327. The molecule has 0 fully saturated rings. The predicted molar refractivity (Wildman–Crippen MR) is 109 cm³/mol. The van der Waals surface area contributed by atoms with E-state index in [1.165, 1.54) is 0 Å².